The Hall–Kier alpha value is -2.58. The minimum absolute atomic E-state index is 0.0816. The Morgan fingerprint density at radius 3 is 2.52 bits per heavy atom. The number of imidazole rings is 1. The molecule has 0 N–H and O–H groups in total. The zero-order chi connectivity index (χ0) is 19.9. The first-order chi connectivity index (χ1) is 12.7. The SMILES string of the molecule is CN(Cc1ccc(Cl)c(Cl)c1)C(=O)Cn1cnc2c1c(=O)n(C)c(=O)n2C. The number of carbonyl (C=O) groups is 1. The van der Waals surface area contributed by atoms with Crippen molar-refractivity contribution in [3.63, 3.8) is 0 Å². The van der Waals surface area contributed by atoms with Crippen LogP contribution in [0.3, 0.4) is 0 Å². The van der Waals surface area contributed by atoms with Gasteiger partial charge in [-0.15, -0.1) is 0 Å². The van der Waals surface area contributed by atoms with E-state index in [1.807, 2.05) is 0 Å². The number of halogens is 2. The van der Waals surface area contributed by atoms with Gasteiger partial charge in [0.2, 0.25) is 5.91 Å². The molecule has 142 valence electrons. The Balaban J connectivity index is 1.86. The minimum Gasteiger partial charge on any atom is -0.340 e. The molecule has 0 radical (unpaired) electrons. The topological polar surface area (TPSA) is 82.1 Å². The van der Waals surface area contributed by atoms with E-state index in [1.54, 1.807) is 25.2 Å². The van der Waals surface area contributed by atoms with E-state index in [0.717, 1.165) is 10.1 Å². The van der Waals surface area contributed by atoms with Crippen LogP contribution in [0.2, 0.25) is 10.0 Å². The Bertz CT molecular complexity index is 1160. The molecule has 0 aliphatic rings. The first kappa shape index (κ1) is 19.2. The minimum atomic E-state index is -0.495. The van der Waals surface area contributed by atoms with Gasteiger partial charge in [0.25, 0.3) is 5.56 Å². The van der Waals surface area contributed by atoms with Gasteiger partial charge in [-0.3, -0.25) is 18.7 Å². The van der Waals surface area contributed by atoms with E-state index in [2.05, 4.69) is 4.98 Å². The second-order valence-electron chi connectivity index (χ2n) is 6.25. The van der Waals surface area contributed by atoms with Crippen LogP contribution in [0, 0.1) is 0 Å². The molecule has 0 aliphatic carbocycles. The molecule has 0 atom stereocenters. The van der Waals surface area contributed by atoms with Crippen LogP contribution in [-0.2, 0) is 32.0 Å². The summed E-state index contributed by atoms with van der Waals surface area (Å²) in [5.41, 5.74) is 0.305. The predicted molar refractivity (Wildman–Crippen MR) is 103 cm³/mol. The van der Waals surface area contributed by atoms with Gasteiger partial charge in [0.15, 0.2) is 11.2 Å². The molecule has 27 heavy (non-hydrogen) atoms. The zero-order valence-electron chi connectivity index (χ0n) is 14.9. The third-order valence-electron chi connectivity index (χ3n) is 4.35. The van der Waals surface area contributed by atoms with E-state index in [-0.39, 0.29) is 23.6 Å². The van der Waals surface area contributed by atoms with Crippen LogP contribution in [0.25, 0.3) is 11.2 Å². The lowest BCUT2D eigenvalue weighted by Crippen LogP contribution is -2.38. The van der Waals surface area contributed by atoms with Crippen molar-refractivity contribution in [3.8, 4) is 0 Å². The number of aromatic nitrogens is 4. The van der Waals surface area contributed by atoms with Gasteiger partial charge in [-0.05, 0) is 17.7 Å². The average Bonchev–Trinajstić information content (AvgIpc) is 3.05. The molecular formula is C17H17Cl2N5O3. The summed E-state index contributed by atoms with van der Waals surface area (Å²) in [6, 6.07) is 5.16. The molecule has 0 spiro atoms. The van der Waals surface area contributed by atoms with Gasteiger partial charge in [-0.25, -0.2) is 9.78 Å². The molecule has 0 saturated carbocycles. The summed E-state index contributed by atoms with van der Waals surface area (Å²) in [4.78, 5) is 42.6. The van der Waals surface area contributed by atoms with Crippen molar-refractivity contribution in [2.24, 2.45) is 14.1 Å². The third kappa shape index (κ3) is 3.50. The highest BCUT2D eigenvalue weighted by atomic mass is 35.5. The molecule has 8 nitrogen and oxygen atoms in total. The largest absolute Gasteiger partial charge is 0.340 e. The Labute approximate surface area is 164 Å². The maximum atomic E-state index is 12.6. The summed E-state index contributed by atoms with van der Waals surface area (Å²) < 4.78 is 3.71. The number of fused-ring (bicyclic) bond motifs is 1. The van der Waals surface area contributed by atoms with Crippen LogP contribution in [0.4, 0.5) is 0 Å². The van der Waals surface area contributed by atoms with Gasteiger partial charge in [-0.1, -0.05) is 29.3 Å². The molecule has 1 aromatic carbocycles. The molecular weight excluding hydrogens is 393 g/mol. The number of carbonyl (C=O) groups excluding carboxylic acids is 1. The van der Waals surface area contributed by atoms with E-state index in [0.29, 0.717) is 16.6 Å². The highest BCUT2D eigenvalue weighted by Gasteiger charge is 2.17. The van der Waals surface area contributed by atoms with Crippen LogP contribution >= 0.6 is 23.2 Å². The van der Waals surface area contributed by atoms with Crippen molar-refractivity contribution in [2.75, 3.05) is 7.05 Å². The second-order valence-corrected chi connectivity index (χ2v) is 7.06. The van der Waals surface area contributed by atoms with E-state index >= 15 is 0 Å². The summed E-state index contributed by atoms with van der Waals surface area (Å²) in [6.07, 6.45) is 1.39. The van der Waals surface area contributed by atoms with Crippen molar-refractivity contribution in [2.45, 2.75) is 13.1 Å². The molecule has 0 bridgehead atoms. The fourth-order valence-electron chi connectivity index (χ4n) is 2.78. The van der Waals surface area contributed by atoms with E-state index < -0.39 is 11.2 Å². The molecule has 0 fully saturated rings. The smallest absolute Gasteiger partial charge is 0.332 e. The fourth-order valence-corrected chi connectivity index (χ4v) is 3.10. The van der Waals surface area contributed by atoms with Crippen molar-refractivity contribution < 1.29 is 4.79 Å². The number of aryl methyl sites for hydroxylation is 1. The van der Waals surface area contributed by atoms with Crippen LogP contribution in [0.5, 0.6) is 0 Å². The van der Waals surface area contributed by atoms with E-state index in [1.165, 1.54) is 34.5 Å². The lowest BCUT2D eigenvalue weighted by Gasteiger charge is -2.18. The number of hydrogen-bond donors (Lipinski definition) is 0. The number of amides is 1. The van der Waals surface area contributed by atoms with Crippen LogP contribution in [-0.4, -0.2) is 36.5 Å². The zero-order valence-corrected chi connectivity index (χ0v) is 16.5. The lowest BCUT2D eigenvalue weighted by molar-refractivity contribution is -0.131. The first-order valence-electron chi connectivity index (χ1n) is 7.99. The highest BCUT2D eigenvalue weighted by Crippen LogP contribution is 2.23. The van der Waals surface area contributed by atoms with Crippen molar-refractivity contribution >= 4 is 40.3 Å². The van der Waals surface area contributed by atoms with Crippen molar-refractivity contribution in [1.82, 2.24) is 23.6 Å². The summed E-state index contributed by atoms with van der Waals surface area (Å²) in [5, 5.41) is 0.862. The summed E-state index contributed by atoms with van der Waals surface area (Å²) in [6.45, 7) is 0.251. The van der Waals surface area contributed by atoms with E-state index in [4.69, 9.17) is 23.2 Å². The third-order valence-corrected chi connectivity index (χ3v) is 5.09. The van der Waals surface area contributed by atoms with Crippen LogP contribution in [0.15, 0.2) is 34.1 Å². The maximum Gasteiger partial charge on any atom is 0.332 e. The molecule has 10 heteroatoms. The molecule has 3 rings (SSSR count). The van der Waals surface area contributed by atoms with Gasteiger partial charge >= 0.3 is 5.69 Å². The number of nitrogens with zero attached hydrogens (tertiary/aromatic N) is 5. The van der Waals surface area contributed by atoms with Gasteiger partial charge in [-0.2, -0.15) is 0 Å². The van der Waals surface area contributed by atoms with Crippen molar-refractivity contribution in [3.05, 3.63) is 61.0 Å². The molecule has 1 amide bonds. The van der Waals surface area contributed by atoms with Gasteiger partial charge in [0.05, 0.1) is 16.4 Å². The van der Waals surface area contributed by atoms with Gasteiger partial charge in [0.1, 0.15) is 6.54 Å². The molecule has 0 saturated heterocycles. The van der Waals surface area contributed by atoms with Crippen molar-refractivity contribution in [1.29, 1.82) is 0 Å². The number of rotatable bonds is 4. The monoisotopic (exact) mass is 409 g/mol. The fraction of sp³-hybridized carbons (Fsp3) is 0.294. The molecule has 3 aromatic rings. The average molecular weight is 410 g/mol. The number of benzene rings is 1. The first-order valence-corrected chi connectivity index (χ1v) is 8.75. The highest BCUT2D eigenvalue weighted by molar-refractivity contribution is 6.42. The predicted octanol–water partition coefficient (Wildman–Crippen LogP) is 1.40. The molecule has 2 aromatic heterocycles. The Kier molecular flexibility index (Phi) is 5.12. The van der Waals surface area contributed by atoms with Gasteiger partial charge in [0, 0.05) is 27.7 Å². The summed E-state index contributed by atoms with van der Waals surface area (Å²) in [5.74, 6) is -0.226. The second kappa shape index (κ2) is 7.21. The molecule has 0 unspecified atom stereocenters. The Morgan fingerprint density at radius 2 is 1.85 bits per heavy atom. The van der Waals surface area contributed by atoms with E-state index in [9.17, 15) is 14.4 Å². The van der Waals surface area contributed by atoms with Gasteiger partial charge < -0.3 is 9.47 Å². The number of likely N-dealkylation sites (N-methyl/N-ethyl adjacent to an activating group) is 1. The molecule has 0 aliphatic heterocycles. The van der Waals surface area contributed by atoms with Crippen LogP contribution in [0.1, 0.15) is 5.56 Å². The molecule has 2 heterocycles. The quantitative estimate of drug-likeness (QED) is 0.651. The Morgan fingerprint density at radius 1 is 1.15 bits per heavy atom. The summed E-state index contributed by atoms with van der Waals surface area (Å²) in [7, 11) is 4.57. The lowest BCUT2D eigenvalue weighted by atomic mass is 10.2. The normalized spacial score (nSPS) is 11.1. The standard InChI is InChI=1S/C17H17Cl2N5O3/c1-21(7-10-4-5-11(18)12(19)6-10)13(25)8-24-9-20-15-14(24)16(26)23(3)17(27)22(15)2/h4-6,9H,7-8H2,1-3H3. The maximum absolute atomic E-state index is 12.6. The summed E-state index contributed by atoms with van der Waals surface area (Å²) >= 11 is 11.9. The number of hydrogen-bond acceptors (Lipinski definition) is 4. The van der Waals surface area contributed by atoms with Crippen LogP contribution < -0.4 is 11.2 Å².